The molecule has 0 N–H and O–H groups in total. The summed E-state index contributed by atoms with van der Waals surface area (Å²) in [5.74, 6) is 0. The van der Waals surface area contributed by atoms with Gasteiger partial charge in [0.05, 0.1) is 11.4 Å². The second-order valence-corrected chi connectivity index (χ2v) is 7.19. The third-order valence-electron chi connectivity index (χ3n) is 5.24. The Morgan fingerprint density at radius 2 is 0.567 bits per heavy atom. The zero-order valence-corrected chi connectivity index (χ0v) is 16.4. The number of nitrogens with zero attached hydrogens (tertiary/aromatic N) is 2. The van der Waals surface area contributed by atoms with Crippen molar-refractivity contribution in [1.82, 2.24) is 10.2 Å². The van der Waals surface area contributed by atoms with Crippen LogP contribution in [0.15, 0.2) is 121 Å². The highest BCUT2D eigenvalue weighted by molar-refractivity contribution is 5.71. The summed E-state index contributed by atoms with van der Waals surface area (Å²) in [5.41, 5.74) is 8.69. The van der Waals surface area contributed by atoms with E-state index in [1.807, 2.05) is 24.3 Å². The molecule has 142 valence electrons. The van der Waals surface area contributed by atoms with Crippen molar-refractivity contribution in [2.24, 2.45) is 0 Å². The molecular formula is C28H20N2. The van der Waals surface area contributed by atoms with Crippen LogP contribution in [0.3, 0.4) is 0 Å². The van der Waals surface area contributed by atoms with Crippen LogP contribution in [0.25, 0.3) is 44.8 Å². The maximum absolute atomic E-state index is 4.46. The molecule has 0 amide bonds. The number of aromatic nitrogens is 2. The van der Waals surface area contributed by atoms with E-state index in [1.54, 1.807) is 0 Å². The summed E-state index contributed by atoms with van der Waals surface area (Å²) in [7, 11) is 0. The topological polar surface area (TPSA) is 25.8 Å². The van der Waals surface area contributed by atoms with E-state index in [2.05, 4.69) is 107 Å². The van der Waals surface area contributed by atoms with Gasteiger partial charge in [-0.3, -0.25) is 0 Å². The molecule has 0 aliphatic rings. The first-order chi connectivity index (χ1) is 14.9. The third kappa shape index (κ3) is 3.76. The van der Waals surface area contributed by atoms with Crippen molar-refractivity contribution in [3.05, 3.63) is 121 Å². The molecular weight excluding hydrogens is 364 g/mol. The molecule has 4 aromatic carbocycles. The van der Waals surface area contributed by atoms with Gasteiger partial charge >= 0.3 is 0 Å². The van der Waals surface area contributed by atoms with Crippen LogP contribution < -0.4 is 0 Å². The minimum atomic E-state index is 0.874. The van der Waals surface area contributed by atoms with E-state index in [0.717, 1.165) is 22.5 Å². The fourth-order valence-electron chi connectivity index (χ4n) is 3.57. The number of rotatable bonds is 4. The van der Waals surface area contributed by atoms with Crippen LogP contribution >= 0.6 is 0 Å². The van der Waals surface area contributed by atoms with Crippen LogP contribution in [0.1, 0.15) is 0 Å². The summed E-state index contributed by atoms with van der Waals surface area (Å²) < 4.78 is 0. The molecule has 0 aliphatic carbocycles. The molecule has 0 bridgehead atoms. The highest BCUT2D eigenvalue weighted by Gasteiger charge is 2.05. The van der Waals surface area contributed by atoms with Gasteiger partial charge in [-0.15, -0.1) is 10.2 Å². The zero-order valence-electron chi connectivity index (χ0n) is 16.4. The highest BCUT2D eigenvalue weighted by atomic mass is 15.1. The van der Waals surface area contributed by atoms with E-state index in [9.17, 15) is 0 Å². The lowest BCUT2D eigenvalue weighted by Gasteiger charge is -2.06. The predicted molar refractivity (Wildman–Crippen MR) is 124 cm³/mol. The quantitative estimate of drug-likeness (QED) is 0.329. The lowest BCUT2D eigenvalue weighted by molar-refractivity contribution is 1.04. The minimum absolute atomic E-state index is 0.874. The zero-order chi connectivity index (χ0) is 20.2. The Labute approximate surface area is 176 Å². The molecule has 30 heavy (non-hydrogen) atoms. The van der Waals surface area contributed by atoms with Gasteiger partial charge in [-0.2, -0.15) is 0 Å². The Morgan fingerprint density at radius 3 is 0.900 bits per heavy atom. The second kappa shape index (κ2) is 8.14. The summed E-state index contributed by atoms with van der Waals surface area (Å²) >= 11 is 0. The van der Waals surface area contributed by atoms with E-state index in [-0.39, 0.29) is 0 Å². The Balaban J connectivity index is 1.35. The van der Waals surface area contributed by atoms with Crippen LogP contribution in [-0.4, -0.2) is 10.2 Å². The summed E-state index contributed by atoms with van der Waals surface area (Å²) in [6.45, 7) is 0. The van der Waals surface area contributed by atoms with Crippen molar-refractivity contribution in [3.8, 4) is 44.8 Å². The fraction of sp³-hybridized carbons (Fsp3) is 0. The van der Waals surface area contributed by atoms with Gasteiger partial charge in [-0.05, 0) is 34.4 Å². The molecule has 5 rings (SSSR count). The largest absolute Gasteiger partial charge is 0.150 e. The Morgan fingerprint density at radius 1 is 0.267 bits per heavy atom. The first-order valence-corrected chi connectivity index (χ1v) is 10.0. The summed E-state index contributed by atoms with van der Waals surface area (Å²) in [4.78, 5) is 0. The maximum atomic E-state index is 4.46. The van der Waals surface area contributed by atoms with E-state index in [0.29, 0.717) is 0 Å². The van der Waals surface area contributed by atoms with Gasteiger partial charge in [0.1, 0.15) is 0 Å². The Bertz CT molecular complexity index is 1120. The summed E-state index contributed by atoms with van der Waals surface area (Å²) in [6.07, 6.45) is 0. The van der Waals surface area contributed by atoms with Crippen LogP contribution in [0.5, 0.6) is 0 Å². The molecule has 2 nitrogen and oxygen atoms in total. The fourth-order valence-corrected chi connectivity index (χ4v) is 3.57. The minimum Gasteiger partial charge on any atom is -0.150 e. The molecule has 0 unspecified atom stereocenters. The Kier molecular flexibility index (Phi) is 4.89. The predicted octanol–water partition coefficient (Wildman–Crippen LogP) is 7.14. The molecule has 1 heterocycles. The van der Waals surface area contributed by atoms with Crippen LogP contribution in [0.4, 0.5) is 0 Å². The lowest BCUT2D eigenvalue weighted by Crippen LogP contribution is -1.91. The van der Waals surface area contributed by atoms with Crippen LogP contribution in [0, 0.1) is 0 Å². The van der Waals surface area contributed by atoms with Crippen molar-refractivity contribution >= 4 is 0 Å². The van der Waals surface area contributed by atoms with Gasteiger partial charge in [-0.1, -0.05) is 109 Å². The van der Waals surface area contributed by atoms with Crippen LogP contribution in [-0.2, 0) is 0 Å². The summed E-state index contributed by atoms with van der Waals surface area (Å²) in [6, 6.07) is 41.7. The van der Waals surface area contributed by atoms with Crippen molar-refractivity contribution in [3.63, 3.8) is 0 Å². The van der Waals surface area contributed by atoms with Crippen molar-refractivity contribution in [1.29, 1.82) is 0 Å². The van der Waals surface area contributed by atoms with Gasteiger partial charge < -0.3 is 0 Å². The van der Waals surface area contributed by atoms with E-state index < -0.39 is 0 Å². The van der Waals surface area contributed by atoms with Gasteiger partial charge in [0, 0.05) is 11.1 Å². The molecule has 0 aliphatic heterocycles. The van der Waals surface area contributed by atoms with Gasteiger partial charge in [0.25, 0.3) is 0 Å². The molecule has 0 spiro atoms. The second-order valence-electron chi connectivity index (χ2n) is 7.19. The van der Waals surface area contributed by atoms with Crippen molar-refractivity contribution in [2.45, 2.75) is 0 Å². The molecule has 5 aromatic rings. The molecule has 2 heteroatoms. The molecule has 1 aromatic heterocycles. The smallest absolute Gasteiger partial charge is 0.0930 e. The van der Waals surface area contributed by atoms with Gasteiger partial charge in [0.15, 0.2) is 0 Å². The van der Waals surface area contributed by atoms with Crippen LogP contribution in [0.2, 0.25) is 0 Å². The monoisotopic (exact) mass is 384 g/mol. The van der Waals surface area contributed by atoms with Crippen molar-refractivity contribution in [2.75, 3.05) is 0 Å². The maximum Gasteiger partial charge on any atom is 0.0930 e. The lowest BCUT2D eigenvalue weighted by atomic mass is 10.0. The highest BCUT2D eigenvalue weighted by Crippen LogP contribution is 2.26. The first kappa shape index (κ1) is 18.0. The summed E-state index contributed by atoms with van der Waals surface area (Å²) in [5, 5.41) is 8.92. The standard InChI is InChI=1S/C28H20N2/c1-3-7-21(8-4-1)23-11-15-25(16-12-23)27-19-20-28(30-29-27)26-17-13-24(14-18-26)22-9-5-2-6-10-22/h1-20H. The molecule has 0 radical (unpaired) electrons. The van der Waals surface area contributed by atoms with E-state index in [1.165, 1.54) is 22.3 Å². The normalized spacial score (nSPS) is 10.7. The number of hydrogen-bond donors (Lipinski definition) is 0. The average molecular weight is 384 g/mol. The first-order valence-electron chi connectivity index (χ1n) is 10.0. The van der Waals surface area contributed by atoms with Gasteiger partial charge in [0.2, 0.25) is 0 Å². The van der Waals surface area contributed by atoms with Gasteiger partial charge in [-0.25, -0.2) is 0 Å². The molecule has 0 fully saturated rings. The number of hydrogen-bond acceptors (Lipinski definition) is 2. The number of benzene rings is 4. The molecule has 0 saturated carbocycles. The van der Waals surface area contributed by atoms with E-state index in [4.69, 9.17) is 0 Å². The Hall–Kier alpha value is -4.04. The average Bonchev–Trinajstić information content (AvgIpc) is 2.85. The third-order valence-corrected chi connectivity index (χ3v) is 5.24. The molecule has 0 saturated heterocycles. The van der Waals surface area contributed by atoms with E-state index >= 15 is 0 Å². The molecule has 0 atom stereocenters. The van der Waals surface area contributed by atoms with Crippen molar-refractivity contribution < 1.29 is 0 Å². The SMILES string of the molecule is c1ccc(-c2ccc(-c3ccc(-c4ccc(-c5ccccc5)cc4)nn3)cc2)cc1.